The number of nitrogens with zero attached hydrogens (tertiary/aromatic N) is 2. The summed E-state index contributed by atoms with van der Waals surface area (Å²) < 4.78 is 13.5. The maximum atomic E-state index is 13.5. The molecule has 0 saturated heterocycles. The summed E-state index contributed by atoms with van der Waals surface area (Å²) in [6.45, 7) is 1.01. The maximum absolute atomic E-state index is 13.5. The van der Waals surface area contributed by atoms with Crippen molar-refractivity contribution in [3.05, 3.63) is 36.3 Å². The molecule has 0 atom stereocenters. The Kier molecular flexibility index (Phi) is 4.29. The first-order valence-corrected chi connectivity index (χ1v) is 8.85. The Morgan fingerprint density at radius 3 is 2.84 bits per heavy atom. The number of anilines is 1. The van der Waals surface area contributed by atoms with E-state index in [0.29, 0.717) is 17.8 Å². The Bertz CT molecular complexity index is 787. The lowest BCUT2D eigenvalue weighted by atomic mass is 9.85. The molecule has 1 aromatic carbocycles. The van der Waals surface area contributed by atoms with Crippen molar-refractivity contribution in [3.63, 3.8) is 0 Å². The number of nitrogens with one attached hydrogen (secondary N) is 1. The number of carboxylic acids is 1. The summed E-state index contributed by atoms with van der Waals surface area (Å²) in [5, 5.41) is 14.3. The Hall–Kier alpha value is -2.21. The van der Waals surface area contributed by atoms with Crippen LogP contribution in [0.25, 0.3) is 10.8 Å². The average Bonchev–Trinajstić information content (AvgIpc) is 3.33. The predicted molar refractivity (Wildman–Crippen MR) is 94.1 cm³/mol. The Balaban J connectivity index is 1.40. The molecule has 5 nitrogen and oxygen atoms in total. The van der Waals surface area contributed by atoms with E-state index in [0.717, 1.165) is 30.2 Å². The van der Waals surface area contributed by atoms with Crippen LogP contribution in [0.5, 0.6) is 0 Å². The molecule has 4 rings (SSSR count). The largest absolute Gasteiger partial charge is 0.480 e. The number of halogens is 1. The van der Waals surface area contributed by atoms with Crippen LogP contribution in [0.2, 0.25) is 0 Å². The van der Waals surface area contributed by atoms with E-state index in [1.165, 1.54) is 25.0 Å². The lowest BCUT2D eigenvalue weighted by Crippen LogP contribution is -2.52. The van der Waals surface area contributed by atoms with Crippen molar-refractivity contribution in [2.24, 2.45) is 5.92 Å². The van der Waals surface area contributed by atoms with Gasteiger partial charge in [0, 0.05) is 30.2 Å². The summed E-state index contributed by atoms with van der Waals surface area (Å²) in [6.07, 6.45) is 5.95. The molecule has 2 aromatic rings. The Labute approximate surface area is 145 Å². The summed E-state index contributed by atoms with van der Waals surface area (Å²) in [7, 11) is 0. The fraction of sp³-hybridized carbons (Fsp3) is 0.474. The van der Waals surface area contributed by atoms with Gasteiger partial charge in [-0.2, -0.15) is 0 Å². The fourth-order valence-corrected chi connectivity index (χ4v) is 3.60. The zero-order valence-corrected chi connectivity index (χ0v) is 14.0. The molecule has 0 unspecified atom stereocenters. The highest BCUT2D eigenvalue weighted by atomic mass is 19.1. The number of carbonyl (C=O) groups is 1. The quantitative estimate of drug-likeness (QED) is 0.809. The molecule has 1 heterocycles. The number of hydrogen-bond acceptors (Lipinski definition) is 4. The number of hydrogen-bond donors (Lipinski definition) is 2. The van der Waals surface area contributed by atoms with Gasteiger partial charge < -0.3 is 10.4 Å². The van der Waals surface area contributed by atoms with Gasteiger partial charge in [0.05, 0.1) is 6.54 Å². The zero-order chi connectivity index (χ0) is 17.4. The van der Waals surface area contributed by atoms with Crippen LogP contribution < -0.4 is 5.32 Å². The second kappa shape index (κ2) is 6.59. The second-order valence-corrected chi connectivity index (χ2v) is 7.26. The number of fused-ring (bicyclic) bond motifs is 1. The van der Waals surface area contributed by atoms with Gasteiger partial charge in [0.1, 0.15) is 11.6 Å². The normalized spacial score (nSPS) is 22.8. The second-order valence-electron chi connectivity index (χ2n) is 7.26. The monoisotopic (exact) mass is 343 g/mol. The van der Waals surface area contributed by atoms with Crippen LogP contribution in [0.1, 0.15) is 25.7 Å². The highest BCUT2D eigenvalue weighted by molar-refractivity contribution is 5.91. The molecule has 2 aliphatic carbocycles. The first-order chi connectivity index (χ1) is 12.1. The van der Waals surface area contributed by atoms with Gasteiger partial charge in [-0.25, -0.2) is 9.37 Å². The van der Waals surface area contributed by atoms with E-state index in [9.17, 15) is 9.18 Å². The van der Waals surface area contributed by atoms with E-state index in [1.54, 1.807) is 12.3 Å². The van der Waals surface area contributed by atoms with Crippen molar-refractivity contribution >= 4 is 22.6 Å². The standard InChI is InChI=1S/C19H22FN3O2/c20-14-4-3-13-5-6-21-19(17(13)7-14)22-15-8-16(9-15)23(11-18(24)25)10-12-1-2-12/h3-7,12,15-16H,1-2,8-11H2,(H,21,22)(H,24,25). The predicted octanol–water partition coefficient (Wildman–Crippen LogP) is 3.11. The number of carboxylic acid groups (broad SMARTS) is 1. The summed E-state index contributed by atoms with van der Waals surface area (Å²) in [4.78, 5) is 17.6. The topological polar surface area (TPSA) is 65.5 Å². The van der Waals surface area contributed by atoms with E-state index >= 15 is 0 Å². The van der Waals surface area contributed by atoms with Crippen molar-refractivity contribution in [1.82, 2.24) is 9.88 Å². The summed E-state index contributed by atoms with van der Waals surface area (Å²) in [5.74, 6) is 0.344. The average molecular weight is 343 g/mol. The van der Waals surface area contributed by atoms with Crippen LogP contribution >= 0.6 is 0 Å². The van der Waals surface area contributed by atoms with Crippen LogP contribution in [-0.2, 0) is 4.79 Å². The lowest BCUT2D eigenvalue weighted by molar-refractivity contribution is -0.139. The number of aromatic nitrogens is 1. The van der Waals surface area contributed by atoms with Crippen molar-refractivity contribution in [2.45, 2.75) is 37.8 Å². The third kappa shape index (κ3) is 3.74. The van der Waals surface area contributed by atoms with Crippen molar-refractivity contribution in [1.29, 1.82) is 0 Å². The van der Waals surface area contributed by atoms with Crippen LogP contribution in [-0.4, -0.2) is 46.1 Å². The highest BCUT2D eigenvalue weighted by Crippen LogP contribution is 2.35. The van der Waals surface area contributed by atoms with Gasteiger partial charge in [-0.3, -0.25) is 9.69 Å². The molecule has 2 N–H and O–H groups in total. The first-order valence-electron chi connectivity index (χ1n) is 8.85. The van der Waals surface area contributed by atoms with Crippen LogP contribution in [0.4, 0.5) is 10.2 Å². The molecule has 0 radical (unpaired) electrons. The van der Waals surface area contributed by atoms with Gasteiger partial charge in [-0.1, -0.05) is 6.07 Å². The first kappa shape index (κ1) is 16.3. The molecule has 0 spiro atoms. The van der Waals surface area contributed by atoms with Gasteiger partial charge >= 0.3 is 5.97 Å². The molecule has 2 saturated carbocycles. The molecular formula is C19H22FN3O2. The minimum absolute atomic E-state index is 0.117. The van der Waals surface area contributed by atoms with Crippen LogP contribution in [0.3, 0.4) is 0 Å². The molecule has 2 fully saturated rings. The van der Waals surface area contributed by atoms with Gasteiger partial charge in [0.2, 0.25) is 0 Å². The maximum Gasteiger partial charge on any atom is 0.317 e. The van der Waals surface area contributed by atoms with E-state index in [1.807, 2.05) is 6.07 Å². The van der Waals surface area contributed by atoms with Gasteiger partial charge in [-0.15, -0.1) is 0 Å². The molecule has 1 aromatic heterocycles. The minimum atomic E-state index is -0.761. The minimum Gasteiger partial charge on any atom is -0.480 e. The lowest BCUT2D eigenvalue weighted by Gasteiger charge is -2.43. The molecule has 6 heteroatoms. The Morgan fingerprint density at radius 2 is 2.12 bits per heavy atom. The van der Waals surface area contributed by atoms with Crippen molar-refractivity contribution in [2.75, 3.05) is 18.4 Å². The fourth-order valence-electron chi connectivity index (χ4n) is 3.60. The summed E-state index contributed by atoms with van der Waals surface area (Å²) in [6, 6.07) is 7.14. The van der Waals surface area contributed by atoms with Gasteiger partial charge in [0.25, 0.3) is 0 Å². The highest BCUT2D eigenvalue weighted by Gasteiger charge is 2.37. The van der Waals surface area contributed by atoms with Gasteiger partial charge in [-0.05, 0) is 55.2 Å². The number of rotatable bonds is 7. The van der Waals surface area contributed by atoms with Crippen LogP contribution in [0.15, 0.2) is 30.5 Å². The Morgan fingerprint density at radius 1 is 1.32 bits per heavy atom. The van der Waals surface area contributed by atoms with E-state index in [-0.39, 0.29) is 18.4 Å². The summed E-state index contributed by atoms with van der Waals surface area (Å²) in [5.41, 5.74) is 0. The molecule has 0 amide bonds. The molecular weight excluding hydrogens is 321 g/mol. The number of benzene rings is 1. The molecule has 0 aliphatic heterocycles. The number of pyridine rings is 1. The molecule has 2 aliphatic rings. The smallest absolute Gasteiger partial charge is 0.317 e. The van der Waals surface area contributed by atoms with E-state index in [2.05, 4.69) is 15.2 Å². The molecule has 0 bridgehead atoms. The summed E-state index contributed by atoms with van der Waals surface area (Å²) >= 11 is 0. The van der Waals surface area contributed by atoms with Crippen LogP contribution in [0, 0.1) is 11.7 Å². The number of aliphatic carboxylic acids is 1. The van der Waals surface area contributed by atoms with Crippen molar-refractivity contribution < 1.29 is 14.3 Å². The van der Waals surface area contributed by atoms with E-state index in [4.69, 9.17) is 5.11 Å². The molecule has 25 heavy (non-hydrogen) atoms. The van der Waals surface area contributed by atoms with Gasteiger partial charge in [0.15, 0.2) is 0 Å². The molecule has 132 valence electrons. The van der Waals surface area contributed by atoms with E-state index < -0.39 is 5.97 Å². The zero-order valence-electron chi connectivity index (χ0n) is 14.0. The van der Waals surface area contributed by atoms with Crippen molar-refractivity contribution in [3.8, 4) is 0 Å². The SMILES string of the molecule is O=C(O)CN(CC1CC1)C1CC(Nc2nccc3ccc(F)cc23)C1. The third-order valence-electron chi connectivity index (χ3n) is 5.23. The third-order valence-corrected chi connectivity index (χ3v) is 5.23.